The number of fused-ring (bicyclic) bond motifs is 5. The highest BCUT2D eigenvalue weighted by atomic mass is 16.5. The van der Waals surface area contributed by atoms with E-state index in [0.717, 1.165) is 31.2 Å². The molecule has 1 aromatic rings. The van der Waals surface area contributed by atoms with Crippen LogP contribution in [-0.2, 0) is 17.8 Å². The highest BCUT2D eigenvalue weighted by Gasteiger charge is 2.67. The van der Waals surface area contributed by atoms with Crippen LogP contribution in [-0.4, -0.2) is 27.9 Å². The number of hydrogen-bond acceptors (Lipinski definition) is 5. The quantitative estimate of drug-likeness (QED) is 0.660. The molecule has 5 nitrogen and oxygen atoms in total. The number of aromatic hydroxyl groups is 1. The zero-order chi connectivity index (χ0) is 20.1. The van der Waals surface area contributed by atoms with Crippen molar-refractivity contribution < 1.29 is 24.5 Å². The van der Waals surface area contributed by atoms with E-state index < -0.39 is 5.60 Å². The van der Waals surface area contributed by atoms with Gasteiger partial charge in [0.15, 0.2) is 0 Å². The normalized spacial score (nSPS) is 40.5. The van der Waals surface area contributed by atoms with Gasteiger partial charge in [0.2, 0.25) is 0 Å². The molecule has 2 saturated carbocycles. The van der Waals surface area contributed by atoms with E-state index in [2.05, 4.69) is 27.7 Å². The lowest BCUT2D eigenvalue weighted by Gasteiger charge is -2.64. The summed E-state index contributed by atoms with van der Waals surface area (Å²) in [4.78, 5) is 12.4. The predicted molar refractivity (Wildman–Crippen MR) is 103 cm³/mol. The molecule has 5 rings (SSSR count). The summed E-state index contributed by atoms with van der Waals surface area (Å²) in [6.45, 7) is 9.10. The van der Waals surface area contributed by atoms with Crippen LogP contribution in [0.4, 0.5) is 0 Å². The highest BCUT2D eigenvalue weighted by molar-refractivity contribution is 5.97. The summed E-state index contributed by atoms with van der Waals surface area (Å²) >= 11 is 0. The van der Waals surface area contributed by atoms with E-state index in [1.165, 1.54) is 0 Å². The lowest BCUT2D eigenvalue weighted by atomic mass is 9.43. The van der Waals surface area contributed by atoms with Crippen molar-refractivity contribution in [2.45, 2.75) is 78.1 Å². The van der Waals surface area contributed by atoms with Gasteiger partial charge in [-0.05, 0) is 49.0 Å². The Bertz CT molecular complexity index is 874. The average Bonchev–Trinajstić information content (AvgIpc) is 3.20. The average molecular weight is 386 g/mol. The van der Waals surface area contributed by atoms with Crippen LogP contribution >= 0.6 is 0 Å². The third-order valence-electron chi connectivity index (χ3n) is 8.84. The number of benzene rings is 1. The number of rotatable bonds is 0. The Labute approximate surface area is 166 Å². The van der Waals surface area contributed by atoms with Crippen molar-refractivity contribution in [3.05, 3.63) is 22.8 Å². The fraction of sp³-hybridized carbons (Fsp3) is 0.696. The third kappa shape index (κ3) is 1.99. The summed E-state index contributed by atoms with van der Waals surface area (Å²) in [6, 6.07) is 1.67. The van der Waals surface area contributed by atoms with Crippen molar-refractivity contribution in [3.63, 3.8) is 0 Å². The maximum Gasteiger partial charge on any atom is 0.342 e. The van der Waals surface area contributed by atoms with Gasteiger partial charge in [-0.25, -0.2) is 4.79 Å². The summed E-state index contributed by atoms with van der Waals surface area (Å²) in [6.07, 6.45) is 4.00. The fourth-order valence-corrected chi connectivity index (χ4v) is 7.09. The first-order valence-corrected chi connectivity index (χ1v) is 10.5. The van der Waals surface area contributed by atoms with E-state index in [4.69, 9.17) is 9.47 Å². The number of aliphatic hydroxyl groups excluding tert-OH is 1. The van der Waals surface area contributed by atoms with E-state index in [1.807, 2.05) is 0 Å². The topological polar surface area (TPSA) is 76.0 Å². The molecule has 0 radical (unpaired) electrons. The van der Waals surface area contributed by atoms with Gasteiger partial charge in [0.25, 0.3) is 0 Å². The maximum atomic E-state index is 12.4. The summed E-state index contributed by atoms with van der Waals surface area (Å²) < 4.78 is 12.0. The molecule has 5 atom stereocenters. The summed E-state index contributed by atoms with van der Waals surface area (Å²) in [7, 11) is 0. The first kappa shape index (κ1) is 18.3. The first-order valence-electron chi connectivity index (χ1n) is 10.5. The van der Waals surface area contributed by atoms with E-state index in [-0.39, 0.29) is 35.3 Å². The summed E-state index contributed by atoms with van der Waals surface area (Å²) in [5.74, 6) is 0.996. The van der Waals surface area contributed by atoms with Crippen molar-refractivity contribution in [1.82, 2.24) is 0 Å². The van der Waals surface area contributed by atoms with E-state index in [9.17, 15) is 15.0 Å². The minimum absolute atomic E-state index is 0.145. The van der Waals surface area contributed by atoms with Gasteiger partial charge in [0, 0.05) is 23.0 Å². The molecule has 2 fully saturated rings. The molecule has 4 aliphatic rings. The van der Waals surface area contributed by atoms with Gasteiger partial charge in [0.05, 0.1) is 6.10 Å². The molecule has 0 aromatic heterocycles. The van der Waals surface area contributed by atoms with Crippen LogP contribution in [0.5, 0.6) is 11.5 Å². The summed E-state index contributed by atoms with van der Waals surface area (Å²) in [5.41, 5.74) is 1.14. The van der Waals surface area contributed by atoms with Gasteiger partial charge < -0.3 is 19.7 Å². The molecule has 2 aliphatic heterocycles. The summed E-state index contributed by atoms with van der Waals surface area (Å²) in [5, 5.41) is 21.4. The van der Waals surface area contributed by atoms with Crippen LogP contribution < -0.4 is 4.74 Å². The van der Waals surface area contributed by atoms with Crippen molar-refractivity contribution in [3.8, 4) is 11.5 Å². The van der Waals surface area contributed by atoms with Gasteiger partial charge in [-0.1, -0.05) is 27.7 Å². The Hall–Kier alpha value is -1.75. The number of carbonyl (C=O) groups is 1. The van der Waals surface area contributed by atoms with Crippen molar-refractivity contribution in [1.29, 1.82) is 0 Å². The van der Waals surface area contributed by atoms with Crippen LogP contribution in [0, 0.1) is 22.7 Å². The zero-order valence-corrected chi connectivity index (χ0v) is 17.2. The SMILES string of the molecule is C[C@@H]1CC[C@H]2C(C)(C)[C@H](O)CC[C@]2(C)[C@@]12Cc1c(O)cc3c(c1O2)C(=O)OC3. The minimum Gasteiger partial charge on any atom is -0.508 e. The molecular weight excluding hydrogens is 356 g/mol. The van der Waals surface area contributed by atoms with Crippen LogP contribution in [0.25, 0.3) is 0 Å². The van der Waals surface area contributed by atoms with Gasteiger partial charge >= 0.3 is 5.97 Å². The number of esters is 1. The molecule has 28 heavy (non-hydrogen) atoms. The van der Waals surface area contributed by atoms with Gasteiger partial charge in [0.1, 0.15) is 29.3 Å². The van der Waals surface area contributed by atoms with E-state index in [1.54, 1.807) is 6.07 Å². The van der Waals surface area contributed by atoms with E-state index >= 15 is 0 Å². The number of carbonyl (C=O) groups excluding carboxylic acids is 1. The zero-order valence-electron chi connectivity index (χ0n) is 17.2. The maximum absolute atomic E-state index is 12.4. The fourth-order valence-electron chi connectivity index (χ4n) is 7.09. The number of ether oxygens (including phenoxy) is 2. The van der Waals surface area contributed by atoms with Crippen LogP contribution in [0.2, 0.25) is 0 Å². The Kier molecular flexibility index (Phi) is 3.55. The Morgan fingerprint density at radius 1 is 1.18 bits per heavy atom. The number of phenolic OH excluding ortho intramolecular Hbond substituents is 1. The van der Waals surface area contributed by atoms with Crippen molar-refractivity contribution in [2.24, 2.45) is 22.7 Å². The second-order valence-electron chi connectivity index (χ2n) is 10.3. The second kappa shape index (κ2) is 5.44. The molecule has 2 aliphatic carbocycles. The molecule has 0 amide bonds. The second-order valence-corrected chi connectivity index (χ2v) is 10.3. The molecule has 0 bridgehead atoms. The van der Waals surface area contributed by atoms with Crippen LogP contribution in [0.3, 0.4) is 0 Å². The molecule has 0 unspecified atom stereocenters. The predicted octanol–water partition coefficient (Wildman–Crippen LogP) is 3.97. The molecule has 0 saturated heterocycles. The highest BCUT2D eigenvalue weighted by Crippen LogP contribution is 2.67. The molecule has 2 N–H and O–H groups in total. The monoisotopic (exact) mass is 386 g/mol. The molecule has 1 spiro atoms. The van der Waals surface area contributed by atoms with Gasteiger partial charge in [-0.3, -0.25) is 0 Å². The number of cyclic esters (lactones) is 1. The Balaban J connectivity index is 1.66. The van der Waals surface area contributed by atoms with Gasteiger partial charge in [-0.15, -0.1) is 0 Å². The molecule has 1 aromatic carbocycles. The van der Waals surface area contributed by atoms with Crippen LogP contribution in [0.1, 0.15) is 74.9 Å². The number of aliphatic hydroxyl groups is 1. The van der Waals surface area contributed by atoms with Crippen molar-refractivity contribution in [2.75, 3.05) is 0 Å². The molecule has 2 heterocycles. The van der Waals surface area contributed by atoms with Crippen LogP contribution in [0.15, 0.2) is 6.07 Å². The molecule has 152 valence electrons. The lowest BCUT2D eigenvalue weighted by Crippen LogP contribution is -2.66. The lowest BCUT2D eigenvalue weighted by molar-refractivity contribution is -0.210. The van der Waals surface area contributed by atoms with Gasteiger partial charge in [-0.2, -0.15) is 0 Å². The third-order valence-corrected chi connectivity index (χ3v) is 8.84. The Morgan fingerprint density at radius 2 is 1.93 bits per heavy atom. The smallest absolute Gasteiger partial charge is 0.342 e. The number of phenols is 1. The number of hydrogen-bond donors (Lipinski definition) is 2. The van der Waals surface area contributed by atoms with E-state index in [0.29, 0.717) is 35.1 Å². The minimum atomic E-state index is -0.481. The largest absolute Gasteiger partial charge is 0.508 e. The molecule has 5 heteroatoms. The first-order chi connectivity index (χ1) is 13.1. The van der Waals surface area contributed by atoms with Crippen molar-refractivity contribution >= 4 is 5.97 Å². The Morgan fingerprint density at radius 3 is 2.68 bits per heavy atom. The standard InChI is InChI=1S/C23H30O5/c1-12-5-6-16-21(2,3)17(25)7-8-22(16,4)23(12)10-14-15(24)9-13-11-27-20(26)18(13)19(14)28-23/h9,12,16-17,24-25H,5-8,10-11H2,1-4H3/t12-,16+,17-,22+,23-/m1/s1. The molecular formula is C23H30O5.